The Balaban J connectivity index is 2.18. The van der Waals surface area contributed by atoms with Gasteiger partial charge in [-0.1, -0.05) is 80.6 Å². The molecule has 4 aromatic rings. The number of hydrogen-bond donors (Lipinski definition) is 2. The van der Waals surface area contributed by atoms with E-state index in [1.54, 1.807) is 0 Å². The molecular formula is C25H25N5. The predicted octanol–water partition coefficient (Wildman–Crippen LogP) is 4.93. The predicted molar refractivity (Wildman–Crippen MR) is 126 cm³/mol. The van der Waals surface area contributed by atoms with Crippen LogP contribution in [0.1, 0.15) is 19.4 Å². The van der Waals surface area contributed by atoms with Crippen LogP contribution in [0.3, 0.4) is 0 Å². The number of hydrogen-bond acceptors (Lipinski definition) is 2. The molecule has 0 aliphatic heterocycles. The summed E-state index contributed by atoms with van der Waals surface area (Å²) in [6.07, 6.45) is 0. The maximum Gasteiger partial charge on any atom is 0.211 e. The third-order valence-electron chi connectivity index (χ3n) is 5.01. The number of aromatic nitrogens is 1. The van der Waals surface area contributed by atoms with Gasteiger partial charge < -0.3 is 16.0 Å². The summed E-state index contributed by atoms with van der Waals surface area (Å²) in [6.45, 7) is 4.20. The fourth-order valence-corrected chi connectivity index (χ4v) is 3.78. The normalized spacial score (nSPS) is 11.8. The van der Waals surface area contributed by atoms with Gasteiger partial charge in [0.25, 0.3) is 0 Å². The summed E-state index contributed by atoms with van der Waals surface area (Å²) in [4.78, 5) is 0. The van der Waals surface area contributed by atoms with Crippen LogP contribution in [0.4, 0.5) is 0 Å². The first-order valence-corrected chi connectivity index (χ1v) is 9.99. The Morgan fingerprint density at radius 1 is 0.767 bits per heavy atom. The molecule has 1 aromatic heterocycles. The van der Waals surface area contributed by atoms with Gasteiger partial charge in [0.15, 0.2) is 0 Å². The van der Waals surface area contributed by atoms with E-state index in [0.717, 1.165) is 39.1 Å². The average Bonchev–Trinajstić information content (AvgIpc) is 3.10. The van der Waals surface area contributed by atoms with Crippen LogP contribution in [0.5, 0.6) is 0 Å². The zero-order chi connectivity index (χ0) is 21.1. The first-order valence-electron chi connectivity index (χ1n) is 9.99. The van der Waals surface area contributed by atoms with E-state index in [1.807, 2.05) is 24.3 Å². The van der Waals surface area contributed by atoms with Crippen molar-refractivity contribution in [2.24, 2.45) is 27.6 Å². The van der Waals surface area contributed by atoms with E-state index in [0.29, 0.717) is 0 Å². The smallest absolute Gasteiger partial charge is 0.211 e. The first kappa shape index (κ1) is 19.5. The molecule has 0 atom stereocenters. The molecule has 0 spiro atoms. The molecule has 0 saturated heterocycles. The molecule has 1 heterocycles. The molecule has 4 N–H and O–H groups in total. The van der Waals surface area contributed by atoms with Crippen LogP contribution >= 0.6 is 0 Å². The molecule has 30 heavy (non-hydrogen) atoms. The summed E-state index contributed by atoms with van der Waals surface area (Å²) < 4.78 is 2.29. The second kappa shape index (κ2) is 8.25. The molecule has 150 valence electrons. The largest absolute Gasteiger partial charge is 0.369 e. The quantitative estimate of drug-likeness (QED) is 0.285. The maximum absolute atomic E-state index is 5.59. The van der Waals surface area contributed by atoms with Gasteiger partial charge in [0, 0.05) is 16.6 Å². The highest BCUT2D eigenvalue weighted by molar-refractivity contribution is 6.17. The van der Waals surface area contributed by atoms with Gasteiger partial charge in [-0.15, -0.1) is 5.10 Å². The van der Waals surface area contributed by atoms with Crippen LogP contribution in [-0.4, -0.2) is 16.2 Å². The van der Waals surface area contributed by atoms with E-state index in [-0.39, 0.29) is 11.9 Å². The lowest BCUT2D eigenvalue weighted by Gasteiger charge is -2.15. The van der Waals surface area contributed by atoms with E-state index in [9.17, 15) is 0 Å². The zero-order valence-electron chi connectivity index (χ0n) is 17.2. The molecule has 0 aliphatic carbocycles. The summed E-state index contributed by atoms with van der Waals surface area (Å²) in [6, 6.07) is 29.1. The topological polar surface area (TPSA) is 81.7 Å². The molecule has 0 bridgehead atoms. The molecule has 0 aliphatic rings. The maximum atomic E-state index is 5.59. The van der Waals surface area contributed by atoms with Crippen molar-refractivity contribution in [2.45, 2.75) is 13.8 Å². The number of benzene rings is 3. The van der Waals surface area contributed by atoms with E-state index in [1.165, 1.54) is 0 Å². The van der Waals surface area contributed by atoms with Crippen molar-refractivity contribution in [2.75, 3.05) is 0 Å². The molecule has 5 nitrogen and oxygen atoms in total. The zero-order valence-corrected chi connectivity index (χ0v) is 17.2. The summed E-state index contributed by atoms with van der Waals surface area (Å²) in [5.74, 6) is 0.0619. The third-order valence-corrected chi connectivity index (χ3v) is 5.01. The fraction of sp³-hybridized carbons (Fsp3) is 0.120. The van der Waals surface area contributed by atoms with E-state index in [2.05, 4.69) is 89.3 Å². The number of rotatable bonds is 5. The molecular weight excluding hydrogens is 370 g/mol. The summed E-state index contributed by atoms with van der Waals surface area (Å²) >= 11 is 0. The van der Waals surface area contributed by atoms with Crippen molar-refractivity contribution in [3.8, 4) is 16.9 Å². The van der Waals surface area contributed by atoms with Crippen LogP contribution in [0.25, 0.3) is 27.8 Å². The van der Waals surface area contributed by atoms with Gasteiger partial charge in [-0.2, -0.15) is 5.10 Å². The number of fused-ring (bicyclic) bond motifs is 1. The third kappa shape index (κ3) is 3.57. The number of nitrogens with zero attached hydrogens (tertiary/aromatic N) is 3. The minimum atomic E-state index is -0.0544. The van der Waals surface area contributed by atoms with E-state index in [4.69, 9.17) is 11.5 Å². The minimum Gasteiger partial charge on any atom is -0.369 e. The summed E-state index contributed by atoms with van der Waals surface area (Å²) in [5, 5.41) is 9.58. The molecule has 0 unspecified atom stereocenters. The average molecular weight is 396 g/mol. The van der Waals surface area contributed by atoms with Crippen LogP contribution in [0.2, 0.25) is 0 Å². The molecule has 4 rings (SSSR count). The van der Waals surface area contributed by atoms with Crippen LogP contribution < -0.4 is 11.5 Å². The number of guanidine groups is 1. The van der Waals surface area contributed by atoms with E-state index >= 15 is 0 Å². The molecule has 0 amide bonds. The lowest BCUT2D eigenvalue weighted by Crippen LogP contribution is -2.22. The van der Waals surface area contributed by atoms with Crippen molar-refractivity contribution in [3.63, 3.8) is 0 Å². The number of nitrogens with two attached hydrogens (primary N) is 2. The Hall–Kier alpha value is -3.86. The Morgan fingerprint density at radius 3 is 2.00 bits per heavy atom. The minimum absolute atomic E-state index is 0.0544. The first-order chi connectivity index (χ1) is 14.6. The number of para-hydroxylation sites is 2. The molecule has 3 aromatic carbocycles. The van der Waals surface area contributed by atoms with Gasteiger partial charge in [0.2, 0.25) is 5.96 Å². The van der Waals surface area contributed by atoms with Crippen molar-refractivity contribution in [1.29, 1.82) is 0 Å². The van der Waals surface area contributed by atoms with Gasteiger partial charge in [-0.05, 0) is 29.7 Å². The van der Waals surface area contributed by atoms with Crippen LogP contribution in [0, 0.1) is 5.92 Å². The van der Waals surface area contributed by atoms with Crippen molar-refractivity contribution in [3.05, 3.63) is 90.5 Å². The Bertz CT molecular complexity index is 1210. The Kier molecular flexibility index (Phi) is 5.35. The fourth-order valence-electron chi connectivity index (χ4n) is 3.78. The molecule has 5 heteroatoms. The lowest BCUT2D eigenvalue weighted by atomic mass is 9.94. The molecule has 0 saturated carbocycles. The van der Waals surface area contributed by atoms with Crippen molar-refractivity contribution >= 4 is 22.6 Å². The van der Waals surface area contributed by atoms with Gasteiger partial charge in [0.05, 0.1) is 16.9 Å². The lowest BCUT2D eigenvalue weighted by molar-refractivity contribution is 0.876. The SMILES string of the molecule is CC(C)/C(=N/N=C(N)N)c1c(-c2ccccc2)n(-c2ccccc2)c2ccccc12. The van der Waals surface area contributed by atoms with Crippen molar-refractivity contribution < 1.29 is 0 Å². The van der Waals surface area contributed by atoms with Crippen LogP contribution in [-0.2, 0) is 0 Å². The highest BCUT2D eigenvalue weighted by Gasteiger charge is 2.24. The van der Waals surface area contributed by atoms with E-state index < -0.39 is 0 Å². The highest BCUT2D eigenvalue weighted by atomic mass is 15.3. The van der Waals surface area contributed by atoms with Gasteiger partial charge in [-0.25, -0.2) is 0 Å². The van der Waals surface area contributed by atoms with Gasteiger partial charge >= 0.3 is 0 Å². The van der Waals surface area contributed by atoms with Crippen LogP contribution in [0.15, 0.2) is 95.1 Å². The van der Waals surface area contributed by atoms with Gasteiger partial charge in [0.1, 0.15) is 0 Å². The Morgan fingerprint density at radius 2 is 1.37 bits per heavy atom. The second-order valence-electron chi connectivity index (χ2n) is 7.44. The monoisotopic (exact) mass is 395 g/mol. The standard InChI is InChI=1S/C25H25N5/c1-17(2)23(28-29-25(26)27)22-20-15-9-10-16-21(20)30(19-13-7-4-8-14-19)24(22)18-11-5-3-6-12-18/h3-17H,1-2H3,(H4,26,27,29)/b28-23-. The second-order valence-corrected chi connectivity index (χ2v) is 7.44. The van der Waals surface area contributed by atoms with Crippen molar-refractivity contribution in [1.82, 2.24) is 4.57 Å². The summed E-state index contributed by atoms with van der Waals surface area (Å²) in [5.41, 5.74) is 17.4. The van der Waals surface area contributed by atoms with Gasteiger partial charge in [-0.3, -0.25) is 0 Å². The highest BCUT2D eigenvalue weighted by Crippen LogP contribution is 2.38. The summed E-state index contributed by atoms with van der Waals surface area (Å²) in [7, 11) is 0. The molecule has 0 radical (unpaired) electrons. The molecule has 0 fully saturated rings. The Labute approximate surface area is 176 Å².